The van der Waals surface area contributed by atoms with Gasteiger partial charge in [-0.05, 0) is 23.7 Å². The topological polar surface area (TPSA) is 25.8 Å². The van der Waals surface area contributed by atoms with Gasteiger partial charge in [0.2, 0.25) is 0 Å². The van der Waals surface area contributed by atoms with E-state index in [0.29, 0.717) is 11.0 Å². The van der Waals surface area contributed by atoms with E-state index in [4.69, 9.17) is 11.6 Å². The van der Waals surface area contributed by atoms with Crippen molar-refractivity contribution in [2.24, 2.45) is 0 Å². The highest BCUT2D eigenvalue weighted by Crippen LogP contribution is 2.30. The molecule has 0 bridgehead atoms. The summed E-state index contributed by atoms with van der Waals surface area (Å²) in [7, 11) is 0. The summed E-state index contributed by atoms with van der Waals surface area (Å²) in [4.78, 5) is 7.52. The number of hydrogen-bond donors (Lipinski definition) is 0. The number of halogens is 3. The van der Waals surface area contributed by atoms with E-state index in [2.05, 4.69) is 9.97 Å². The molecule has 0 spiro atoms. The molecule has 5 heteroatoms. The maximum Gasteiger partial charge on any atom is 0.366 e. The summed E-state index contributed by atoms with van der Waals surface area (Å²) in [6, 6.07) is 6.76. The number of nitrogens with zero attached hydrogens (tertiary/aromatic N) is 2. The van der Waals surface area contributed by atoms with E-state index in [1.54, 1.807) is 24.3 Å². The van der Waals surface area contributed by atoms with Crippen LogP contribution in [0.4, 0.5) is 8.78 Å². The molecule has 1 aromatic carbocycles. The van der Waals surface area contributed by atoms with Gasteiger partial charge in [0.25, 0.3) is 0 Å². The molecule has 0 amide bonds. The Labute approximate surface area is 83.6 Å². The summed E-state index contributed by atoms with van der Waals surface area (Å²) in [6.07, 6.45) is 0.981. The van der Waals surface area contributed by atoms with Crippen molar-refractivity contribution >= 4 is 22.6 Å². The van der Waals surface area contributed by atoms with Crippen molar-refractivity contribution in [1.82, 2.24) is 9.97 Å². The minimum atomic E-state index is -3.46. The first kappa shape index (κ1) is 9.27. The van der Waals surface area contributed by atoms with Gasteiger partial charge >= 0.3 is 5.38 Å². The first-order valence-corrected chi connectivity index (χ1v) is 4.24. The molecule has 0 unspecified atom stereocenters. The van der Waals surface area contributed by atoms with Crippen LogP contribution in [0.2, 0.25) is 0 Å². The van der Waals surface area contributed by atoms with Crippen molar-refractivity contribution < 1.29 is 8.78 Å². The van der Waals surface area contributed by atoms with Gasteiger partial charge in [-0.1, -0.05) is 12.1 Å². The Balaban J connectivity index is 2.63. The van der Waals surface area contributed by atoms with Crippen molar-refractivity contribution in [3.05, 3.63) is 36.2 Å². The molecule has 1 aromatic heterocycles. The molecule has 0 saturated carbocycles. The van der Waals surface area contributed by atoms with Crippen molar-refractivity contribution in [2.45, 2.75) is 5.38 Å². The molecular weight excluding hydrogens is 210 g/mol. The van der Waals surface area contributed by atoms with Crippen LogP contribution in [0.1, 0.15) is 5.69 Å². The fourth-order valence-electron chi connectivity index (χ4n) is 1.09. The van der Waals surface area contributed by atoms with Crippen molar-refractivity contribution in [3.8, 4) is 0 Å². The number of aromatic nitrogens is 2. The predicted octanol–water partition coefficient (Wildman–Crippen LogP) is 2.92. The molecule has 14 heavy (non-hydrogen) atoms. The van der Waals surface area contributed by atoms with Crippen LogP contribution in [-0.4, -0.2) is 9.97 Å². The molecule has 0 aliphatic rings. The number of hydrogen-bond acceptors (Lipinski definition) is 2. The smallest absolute Gasteiger partial charge is 0.252 e. The number of alkyl halides is 3. The number of benzene rings is 1. The van der Waals surface area contributed by atoms with E-state index >= 15 is 0 Å². The van der Waals surface area contributed by atoms with E-state index in [-0.39, 0.29) is 0 Å². The second kappa shape index (κ2) is 3.13. The fourth-order valence-corrected chi connectivity index (χ4v) is 1.18. The summed E-state index contributed by atoms with van der Waals surface area (Å²) >= 11 is 4.82. The van der Waals surface area contributed by atoms with Gasteiger partial charge in [-0.25, -0.2) is 4.98 Å². The Morgan fingerprint density at radius 2 is 1.79 bits per heavy atom. The van der Waals surface area contributed by atoms with E-state index in [1.807, 2.05) is 0 Å². The average molecular weight is 215 g/mol. The third-order valence-corrected chi connectivity index (χ3v) is 1.93. The third kappa shape index (κ3) is 1.65. The first-order valence-electron chi connectivity index (χ1n) is 3.86. The lowest BCUT2D eigenvalue weighted by Crippen LogP contribution is -2.07. The summed E-state index contributed by atoms with van der Waals surface area (Å²) in [5.74, 6) is 0. The van der Waals surface area contributed by atoms with E-state index in [9.17, 15) is 8.78 Å². The molecule has 0 N–H and O–H groups in total. The predicted molar refractivity (Wildman–Crippen MR) is 49.3 cm³/mol. The molecule has 2 aromatic rings. The van der Waals surface area contributed by atoms with Crippen molar-refractivity contribution in [1.29, 1.82) is 0 Å². The van der Waals surface area contributed by atoms with Gasteiger partial charge in [-0.15, -0.1) is 0 Å². The Hall–Kier alpha value is -1.29. The lowest BCUT2D eigenvalue weighted by atomic mass is 10.3. The van der Waals surface area contributed by atoms with Gasteiger partial charge in [0, 0.05) is 0 Å². The van der Waals surface area contributed by atoms with Crippen LogP contribution in [0.25, 0.3) is 11.0 Å². The van der Waals surface area contributed by atoms with Gasteiger partial charge < -0.3 is 0 Å². The van der Waals surface area contributed by atoms with Gasteiger partial charge in [-0.3, -0.25) is 4.98 Å². The van der Waals surface area contributed by atoms with E-state index in [1.165, 1.54) is 0 Å². The van der Waals surface area contributed by atoms with Gasteiger partial charge in [0.1, 0.15) is 5.69 Å². The molecule has 0 atom stereocenters. The number of fused-ring (bicyclic) bond motifs is 1. The van der Waals surface area contributed by atoms with Crippen molar-refractivity contribution in [3.63, 3.8) is 0 Å². The van der Waals surface area contributed by atoms with Crippen LogP contribution >= 0.6 is 11.6 Å². The Morgan fingerprint density at radius 3 is 2.43 bits per heavy atom. The van der Waals surface area contributed by atoms with E-state index < -0.39 is 11.1 Å². The number of rotatable bonds is 1. The standard InChI is InChI=1S/C9H5ClF2N2/c10-9(11,12)8-5-13-6-3-1-2-4-7(6)14-8/h1-5H. The molecular formula is C9H5ClF2N2. The van der Waals surface area contributed by atoms with Crippen LogP contribution < -0.4 is 0 Å². The molecule has 0 aliphatic heterocycles. The highest BCUT2D eigenvalue weighted by atomic mass is 35.5. The Morgan fingerprint density at radius 1 is 1.14 bits per heavy atom. The zero-order valence-electron chi connectivity index (χ0n) is 6.92. The molecule has 72 valence electrons. The Bertz CT molecular complexity index is 468. The Kier molecular flexibility index (Phi) is 2.07. The highest BCUT2D eigenvalue weighted by Gasteiger charge is 2.30. The van der Waals surface area contributed by atoms with Crippen LogP contribution in [0, 0.1) is 0 Å². The van der Waals surface area contributed by atoms with Crippen molar-refractivity contribution in [2.75, 3.05) is 0 Å². The minimum absolute atomic E-state index is 0.408. The molecule has 0 fully saturated rings. The molecule has 0 saturated heterocycles. The zero-order chi connectivity index (χ0) is 10.2. The third-order valence-electron chi connectivity index (χ3n) is 1.74. The van der Waals surface area contributed by atoms with Crippen LogP contribution in [0.5, 0.6) is 0 Å². The molecule has 1 heterocycles. The summed E-state index contributed by atoms with van der Waals surface area (Å²) in [5, 5.41) is -3.46. The monoisotopic (exact) mass is 214 g/mol. The number of para-hydroxylation sites is 2. The molecule has 0 radical (unpaired) electrons. The van der Waals surface area contributed by atoms with Gasteiger partial charge in [-0.2, -0.15) is 8.78 Å². The average Bonchev–Trinajstić information content (AvgIpc) is 2.16. The second-order valence-corrected chi connectivity index (χ2v) is 3.22. The SMILES string of the molecule is FC(F)(Cl)c1cnc2ccccc2n1. The van der Waals surface area contributed by atoms with E-state index in [0.717, 1.165) is 6.20 Å². The maximum absolute atomic E-state index is 12.6. The fraction of sp³-hybridized carbons (Fsp3) is 0.111. The molecule has 2 rings (SSSR count). The second-order valence-electron chi connectivity index (χ2n) is 2.74. The molecule has 0 aliphatic carbocycles. The summed E-state index contributed by atoms with van der Waals surface area (Å²) < 4.78 is 25.3. The maximum atomic E-state index is 12.6. The first-order chi connectivity index (χ1) is 6.57. The minimum Gasteiger partial charge on any atom is -0.252 e. The van der Waals surface area contributed by atoms with Crippen LogP contribution in [0.3, 0.4) is 0 Å². The van der Waals surface area contributed by atoms with Crippen LogP contribution in [-0.2, 0) is 5.38 Å². The normalized spacial score (nSPS) is 11.9. The summed E-state index contributed by atoms with van der Waals surface area (Å²) in [5.41, 5.74) is 0.445. The zero-order valence-corrected chi connectivity index (χ0v) is 7.67. The van der Waals surface area contributed by atoms with Gasteiger partial charge in [0.05, 0.1) is 17.2 Å². The van der Waals surface area contributed by atoms with Crippen LogP contribution in [0.15, 0.2) is 30.5 Å². The van der Waals surface area contributed by atoms with Gasteiger partial charge in [0.15, 0.2) is 0 Å². The highest BCUT2D eigenvalue weighted by molar-refractivity contribution is 6.21. The quantitative estimate of drug-likeness (QED) is 0.682. The largest absolute Gasteiger partial charge is 0.366 e. The lowest BCUT2D eigenvalue weighted by molar-refractivity contribution is 0.0900. The molecule has 2 nitrogen and oxygen atoms in total. The summed E-state index contributed by atoms with van der Waals surface area (Å²) in [6.45, 7) is 0. The lowest BCUT2D eigenvalue weighted by Gasteiger charge is -2.06.